The van der Waals surface area contributed by atoms with Crippen molar-refractivity contribution in [3.05, 3.63) is 0 Å². The van der Waals surface area contributed by atoms with Crippen molar-refractivity contribution in [2.45, 2.75) is 31.2 Å². The molecule has 2 aliphatic rings. The lowest BCUT2D eigenvalue weighted by atomic mass is 10.1. The monoisotopic (exact) mass is 133 g/mol. The lowest BCUT2D eigenvalue weighted by Crippen LogP contribution is -2.06. The van der Waals surface area contributed by atoms with Crippen LogP contribution in [0.15, 0.2) is 0 Å². The first-order valence-electron chi connectivity index (χ1n) is 3.16. The van der Waals surface area contributed by atoms with Crippen LogP contribution in [-0.4, -0.2) is 12.1 Å². The van der Waals surface area contributed by atoms with E-state index in [0.29, 0.717) is 5.54 Å². The Balaban J connectivity index is 0.000000320. The summed E-state index contributed by atoms with van der Waals surface area (Å²) in [6, 6.07) is 0. The van der Waals surface area contributed by atoms with E-state index in [-0.39, 0.29) is 12.4 Å². The van der Waals surface area contributed by atoms with Gasteiger partial charge in [0.2, 0.25) is 0 Å². The van der Waals surface area contributed by atoms with E-state index in [9.17, 15) is 0 Å². The van der Waals surface area contributed by atoms with Gasteiger partial charge < -0.3 is 5.32 Å². The van der Waals surface area contributed by atoms with Crippen molar-refractivity contribution >= 4 is 12.4 Å². The highest BCUT2D eigenvalue weighted by Crippen LogP contribution is 2.36. The van der Waals surface area contributed by atoms with Crippen LogP contribution in [0, 0.1) is 0 Å². The SMILES string of the molecule is C1CCC2(C1)CN2.Cl. The molecule has 0 amide bonds. The predicted octanol–water partition coefficient (Wildman–Crippen LogP) is 1.32. The van der Waals surface area contributed by atoms with E-state index >= 15 is 0 Å². The molecule has 0 aromatic rings. The highest BCUT2D eigenvalue weighted by Gasteiger charge is 2.43. The Bertz CT molecular complexity index is 80.5. The van der Waals surface area contributed by atoms with Gasteiger partial charge in [0.25, 0.3) is 0 Å². The standard InChI is InChI=1S/C6H11N.ClH/c1-2-4-6(3-1)5-7-6;/h7H,1-5H2;1H. The number of halogens is 1. The molecule has 0 unspecified atom stereocenters. The van der Waals surface area contributed by atoms with E-state index in [1.807, 2.05) is 0 Å². The summed E-state index contributed by atoms with van der Waals surface area (Å²) in [4.78, 5) is 0. The average Bonchev–Trinajstić information content (AvgIpc) is 2.15. The highest BCUT2D eigenvalue weighted by atomic mass is 35.5. The molecule has 2 fully saturated rings. The molecular formula is C6H12ClN. The van der Waals surface area contributed by atoms with Gasteiger partial charge in [0.05, 0.1) is 0 Å². The quantitative estimate of drug-likeness (QED) is 0.495. The third kappa shape index (κ3) is 0.848. The highest BCUT2D eigenvalue weighted by molar-refractivity contribution is 5.85. The van der Waals surface area contributed by atoms with E-state index in [0.717, 1.165) is 0 Å². The maximum atomic E-state index is 3.41. The fourth-order valence-electron chi connectivity index (χ4n) is 1.53. The molecule has 48 valence electrons. The Labute approximate surface area is 56.3 Å². The van der Waals surface area contributed by atoms with Crippen LogP contribution in [0.5, 0.6) is 0 Å². The number of nitrogens with one attached hydrogen (secondary N) is 1. The number of rotatable bonds is 0. The third-order valence-electron chi connectivity index (χ3n) is 2.24. The van der Waals surface area contributed by atoms with Gasteiger partial charge in [-0.25, -0.2) is 0 Å². The van der Waals surface area contributed by atoms with Crippen molar-refractivity contribution in [1.82, 2.24) is 5.32 Å². The van der Waals surface area contributed by atoms with Gasteiger partial charge >= 0.3 is 0 Å². The minimum atomic E-state index is 0. The fourth-order valence-corrected chi connectivity index (χ4v) is 1.53. The smallest absolute Gasteiger partial charge is 0.0307 e. The summed E-state index contributed by atoms with van der Waals surface area (Å²) < 4.78 is 0. The minimum Gasteiger partial charge on any atom is -0.308 e. The molecule has 2 rings (SSSR count). The maximum absolute atomic E-state index is 3.41. The zero-order valence-electron chi connectivity index (χ0n) is 4.94. The average molecular weight is 134 g/mol. The Morgan fingerprint density at radius 2 is 1.62 bits per heavy atom. The number of hydrogen-bond donors (Lipinski definition) is 1. The topological polar surface area (TPSA) is 21.9 Å². The van der Waals surface area contributed by atoms with Crippen molar-refractivity contribution in [3.8, 4) is 0 Å². The molecule has 0 bridgehead atoms. The van der Waals surface area contributed by atoms with E-state index in [1.54, 1.807) is 0 Å². The largest absolute Gasteiger partial charge is 0.308 e. The molecule has 8 heavy (non-hydrogen) atoms. The third-order valence-corrected chi connectivity index (χ3v) is 2.24. The molecule has 1 nitrogen and oxygen atoms in total. The summed E-state index contributed by atoms with van der Waals surface area (Å²) in [5.41, 5.74) is 0.694. The van der Waals surface area contributed by atoms with E-state index in [2.05, 4.69) is 5.32 Å². The predicted molar refractivity (Wildman–Crippen MR) is 36.4 cm³/mol. The summed E-state index contributed by atoms with van der Waals surface area (Å²) in [5, 5.41) is 3.41. The first-order chi connectivity index (χ1) is 3.41. The van der Waals surface area contributed by atoms with E-state index in [1.165, 1.54) is 32.2 Å². The summed E-state index contributed by atoms with van der Waals surface area (Å²) >= 11 is 0. The molecular weight excluding hydrogens is 122 g/mol. The van der Waals surface area contributed by atoms with Gasteiger partial charge in [-0.05, 0) is 12.8 Å². The van der Waals surface area contributed by atoms with Crippen LogP contribution in [0.1, 0.15) is 25.7 Å². The van der Waals surface area contributed by atoms with Gasteiger partial charge in [-0.2, -0.15) is 0 Å². The summed E-state index contributed by atoms with van der Waals surface area (Å²) in [6.07, 6.45) is 5.83. The van der Waals surface area contributed by atoms with Crippen LogP contribution in [0.4, 0.5) is 0 Å². The van der Waals surface area contributed by atoms with Gasteiger partial charge in [-0.3, -0.25) is 0 Å². The van der Waals surface area contributed by atoms with Gasteiger partial charge in [0, 0.05) is 12.1 Å². The lowest BCUT2D eigenvalue weighted by molar-refractivity contribution is 0.656. The molecule has 1 aliphatic heterocycles. The van der Waals surface area contributed by atoms with Gasteiger partial charge in [-0.15, -0.1) is 12.4 Å². The normalized spacial score (nSPS) is 30.0. The molecule has 1 N–H and O–H groups in total. The molecule has 0 atom stereocenters. The maximum Gasteiger partial charge on any atom is 0.0307 e. The van der Waals surface area contributed by atoms with E-state index < -0.39 is 0 Å². The molecule has 0 radical (unpaired) electrons. The zero-order valence-corrected chi connectivity index (χ0v) is 5.76. The van der Waals surface area contributed by atoms with Crippen molar-refractivity contribution in [1.29, 1.82) is 0 Å². The van der Waals surface area contributed by atoms with E-state index in [4.69, 9.17) is 0 Å². The molecule has 1 spiro atoms. The van der Waals surface area contributed by atoms with Gasteiger partial charge in [0.1, 0.15) is 0 Å². The Kier molecular flexibility index (Phi) is 1.50. The molecule has 1 saturated heterocycles. The molecule has 0 aromatic heterocycles. The second-order valence-corrected chi connectivity index (χ2v) is 2.84. The molecule has 2 heteroatoms. The van der Waals surface area contributed by atoms with Gasteiger partial charge in [-0.1, -0.05) is 12.8 Å². The van der Waals surface area contributed by atoms with Crippen LogP contribution in [0.2, 0.25) is 0 Å². The van der Waals surface area contributed by atoms with Crippen LogP contribution in [0.3, 0.4) is 0 Å². The zero-order chi connectivity index (χ0) is 4.74. The Hall–Kier alpha value is 0.250. The first kappa shape index (κ1) is 6.37. The van der Waals surface area contributed by atoms with Crippen LogP contribution in [-0.2, 0) is 0 Å². The first-order valence-corrected chi connectivity index (χ1v) is 3.16. The molecule has 1 saturated carbocycles. The second-order valence-electron chi connectivity index (χ2n) is 2.84. The lowest BCUT2D eigenvalue weighted by Gasteiger charge is -1.96. The Morgan fingerprint density at radius 3 is 1.88 bits per heavy atom. The summed E-state index contributed by atoms with van der Waals surface area (Å²) in [6.45, 7) is 1.31. The number of hydrogen-bond acceptors (Lipinski definition) is 1. The van der Waals surface area contributed by atoms with Crippen LogP contribution in [0.25, 0.3) is 0 Å². The minimum absolute atomic E-state index is 0. The molecule has 0 aromatic carbocycles. The molecule has 1 heterocycles. The fraction of sp³-hybridized carbons (Fsp3) is 1.00. The van der Waals surface area contributed by atoms with Crippen molar-refractivity contribution < 1.29 is 0 Å². The van der Waals surface area contributed by atoms with Gasteiger partial charge in [0.15, 0.2) is 0 Å². The molecule has 1 aliphatic carbocycles. The van der Waals surface area contributed by atoms with Crippen molar-refractivity contribution in [2.24, 2.45) is 0 Å². The second kappa shape index (κ2) is 1.89. The van der Waals surface area contributed by atoms with Crippen molar-refractivity contribution in [3.63, 3.8) is 0 Å². The summed E-state index contributed by atoms with van der Waals surface area (Å²) in [7, 11) is 0. The Morgan fingerprint density at radius 1 is 1.12 bits per heavy atom. The summed E-state index contributed by atoms with van der Waals surface area (Å²) in [5.74, 6) is 0. The van der Waals surface area contributed by atoms with Crippen molar-refractivity contribution in [2.75, 3.05) is 6.54 Å². The van der Waals surface area contributed by atoms with Crippen LogP contribution < -0.4 is 5.32 Å². The van der Waals surface area contributed by atoms with Crippen LogP contribution >= 0.6 is 12.4 Å².